The van der Waals surface area contributed by atoms with Gasteiger partial charge in [0.1, 0.15) is 0 Å². The van der Waals surface area contributed by atoms with Crippen molar-refractivity contribution in [3.8, 4) is 0 Å². The molecule has 110 valence electrons. The minimum Gasteiger partial charge on any atom is -0.481 e. The molecule has 1 aromatic carbocycles. The summed E-state index contributed by atoms with van der Waals surface area (Å²) in [5, 5.41) is 9.02. The Hall–Kier alpha value is -1.84. The Morgan fingerprint density at radius 2 is 1.85 bits per heavy atom. The zero-order valence-corrected chi connectivity index (χ0v) is 12.6. The van der Waals surface area contributed by atoms with E-state index < -0.39 is 11.9 Å². The van der Waals surface area contributed by atoms with Crippen LogP contribution in [0.1, 0.15) is 36.7 Å². The molecule has 1 aromatic rings. The minimum absolute atomic E-state index is 0.101. The molecule has 0 spiro atoms. The molecule has 0 radical (unpaired) electrons. The monoisotopic (exact) mass is 277 g/mol. The Labute approximate surface area is 120 Å². The van der Waals surface area contributed by atoms with Gasteiger partial charge in [-0.1, -0.05) is 38.5 Å². The number of hydrogen-bond acceptors (Lipinski definition) is 2. The molecule has 0 saturated carbocycles. The van der Waals surface area contributed by atoms with Crippen molar-refractivity contribution in [3.63, 3.8) is 0 Å². The van der Waals surface area contributed by atoms with Gasteiger partial charge in [0.25, 0.3) is 5.91 Å². The highest BCUT2D eigenvalue weighted by Gasteiger charge is 2.22. The minimum atomic E-state index is -0.879. The summed E-state index contributed by atoms with van der Waals surface area (Å²) in [4.78, 5) is 25.2. The fourth-order valence-corrected chi connectivity index (χ4v) is 2.05. The van der Waals surface area contributed by atoms with Crippen LogP contribution in [0.2, 0.25) is 0 Å². The van der Waals surface area contributed by atoms with Crippen LogP contribution in [0.4, 0.5) is 0 Å². The summed E-state index contributed by atoms with van der Waals surface area (Å²) in [7, 11) is 0. The van der Waals surface area contributed by atoms with Crippen molar-refractivity contribution < 1.29 is 14.7 Å². The third-order valence-corrected chi connectivity index (χ3v) is 3.05. The van der Waals surface area contributed by atoms with Gasteiger partial charge in [0.2, 0.25) is 0 Å². The Morgan fingerprint density at radius 1 is 1.20 bits per heavy atom. The standard InChI is InChI=1S/C16H23NO3/c1-11(2)9-17(10-13(4)16(19)20)15(18)14-7-5-6-12(3)8-14/h5-8,11,13H,9-10H2,1-4H3,(H,19,20). The summed E-state index contributed by atoms with van der Waals surface area (Å²) in [6.07, 6.45) is 0. The van der Waals surface area contributed by atoms with Crippen molar-refractivity contribution in [1.29, 1.82) is 0 Å². The van der Waals surface area contributed by atoms with E-state index in [1.54, 1.807) is 17.9 Å². The molecule has 0 fully saturated rings. The third kappa shape index (κ3) is 4.68. The topological polar surface area (TPSA) is 57.6 Å². The van der Waals surface area contributed by atoms with E-state index in [1.807, 2.05) is 39.0 Å². The van der Waals surface area contributed by atoms with Crippen molar-refractivity contribution in [3.05, 3.63) is 35.4 Å². The van der Waals surface area contributed by atoms with Crippen LogP contribution >= 0.6 is 0 Å². The van der Waals surface area contributed by atoms with Crippen LogP contribution < -0.4 is 0 Å². The molecule has 1 atom stereocenters. The average molecular weight is 277 g/mol. The van der Waals surface area contributed by atoms with Gasteiger partial charge in [0.15, 0.2) is 0 Å². The molecule has 0 aliphatic carbocycles. The van der Waals surface area contributed by atoms with Crippen molar-refractivity contribution in [2.24, 2.45) is 11.8 Å². The van der Waals surface area contributed by atoms with Crippen LogP contribution in [-0.2, 0) is 4.79 Å². The zero-order valence-electron chi connectivity index (χ0n) is 12.6. The maximum absolute atomic E-state index is 12.5. The number of carboxylic acid groups (broad SMARTS) is 1. The Bertz CT molecular complexity index is 482. The molecule has 0 heterocycles. The first-order chi connectivity index (χ1) is 9.31. The Kier molecular flexibility index (Phi) is 5.74. The average Bonchev–Trinajstić information content (AvgIpc) is 2.36. The molecule has 1 unspecified atom stereocenters. The second-order valence-electron chi connectivity index (χ2n) is 5.71. The Morgan fingerprint density at radius 3 is 2.35 bits per heavy atom. The summed E-state index contributed by atoms with van der Waals surface area (Å²) < 4.78 is 0. The van der Waals surface area contributed by atoms with E-state index in [2.05, 4.69) is 0 Å². The summed E-state index contributed by atoms with van der Waals surface area (Å²) >= 11 is 0. The van der Waals surface area contributed by atoms with Crippen LogP contribution in [0.15, 0.2) is 24.3 Å². The first-order valence-electron chi connectivity index (χ1n) is 6.90. The number of hydrogen-bond donors (Lipinski definition) is 1. The first-order valence-corrected chi connectivity index (χ1v) is 6.90. The highest BCUT2D eigenvalue weighted by atomic mass is 16.4. The molecule has 0 aromatic heterocycles. The third-order valence-electron chi connectivity index (χ3n) is 3.05. The molecule has 1 N–H and O–H groups in total. The molecular formula is C16H23NO3. The molecule has 4 nitrogen and oxygen atoms in total. The first kappa shape index (κ1) is 16.2. The number of carbonyl (C=O) groups excluding carboxylic acids is 1. The summed E-state index contributed by atoms with van der Waals surface area (Å²) in [6.45, 7) is 8.39. The second-order valence-corrected chi connectivity index (χ2v) is 5.71. The normalized spacial score (nSPS) is 12.2. The number of aryl methyl sites for hydroxylation is 1. The van der Waals surface area contributed by atoms with E-state index in [9.17, 15) is 9.59 Å². The summed E-state index contributed by atoms with van der Waals surface area (Å²) in [5.74, 6) is -1.25. The van der Waals surface area contributed by atoms with Crippen LogP contribution in [0.5, 0.6) is 0 Å². The molecule has 1 amide bonds. The van der Waals surface area contributed by atoms with Gasteiger partial charge in [-0.15, -0.1) is 0 Å². The van der Waals surface area contributed by atoms with Gasteiger partial charge in [-0.3, -0.25) is 9.59 Å². The maximum Gasteiger partial charge on any atom is 0.308 e. The predicted octanol–water partition coefficient (Wildman–Crippen LogP) is 2.81. The lowest BCUT2D eigenvalue weighted by atomic mass is 10.1. The fourth-order valence-electron chi connectivity index (χ4n) is 2.05. The highest BCUT2D eigenvalue weighted by molar-refractivity contribution is 5.94. The molecule has 20 heavy (non-hydrogen) atoms. The predicted molar refractivity (Wildman–Crippen MR) is 78.7 cm³/mol. The lowest BCUT2D eigenvalue weighted by molar-refractivity contribution is -0.141. The van der Waals surface area contributed by atoms with E-state index in [-0.39, 0.29) is 12.5 Å². The van der Waals surface area contributed by atoms with Gasteiger partial charge in [-0.25, -0.2) is 0 Å². The molecule has 0 aliphatic heterocycles. The Balaban J connectivity index is 2.92. The summed E-state index contributed by atoms with van der Waals surface area (Å²) in [5.41, 5.74) is 1.63. The molecule has 0 aliphatic rings. The van der Waals surface area contributed by atoms with Gasteiger partial charge in [-0.2, -0.15) is 0 Å². The second kappa shape index (κ2) is 7.08. The quantitative estimate of drug-likeness (QED) is 0.870. The fraction of sp³-hybridized carbons (Fsp3) is 0.500. The number of carbonyl (C=O) groups is 2. The smallest absolute Gasteiger partial charge is 0.308 e. The summed E-state index contributed by atoms with van der Waals surface area (Å²) in [6, 6.07) is 7.38. The van der Waals surface area contributed by atoms with Crippen LogP contribution in [-0.4, -0.2) is 35.0 Å². The van der Waals surface area contributed by atoms with Crippen molar-refractivity contribution in [2.45, 2.75) is 27.7 Å². The van der Waals surface area contributed by atoms with E-state index in [0.717, 1.165) is 5.56 Å². The molecule has 0 bridgehead atoms. The number of nitrogens with zero attached hydrogens (tertiary/aromatic N) is 1. The van der Waals surface area contributed by atoms with Gasteiger partial charge < -0.3 is 10.0 Å². The maximum atomic E-state index is 12.5. The lowest BCUT2D eigenvalue weighted by Crippen LogP contribution is -2.39. The number of rotatable bonds is 6. The van der Waals surface area contributed by atoms with Crippen LogP contribution in [0, 0.1) is 18.8 Å². The molecule has 4 heteroatoms. The van der Waals surface area contributed by atoms with Crippen molar-refractivity contribution in [2.75, 3.05) is 13.1 Å². The van der Waals surface area contributed by atoms with E-state index >= 15 is 0 Å². The number of carboxylic acids is 1. The van der Waals surface area contributed by atoms with Crippen molar-refractivity contribution >= 4 is 11.9 Å². The van der Waals surface area contributed by atoms with Gasteiger partial charge in [0, 0.05) is 18.7 Å². The number of aliphatic carboxylic acids is 1. The SMILES string of the molecule is Cc1cccc(C(=O)N(CC(C)C)CC(C)C(=O)O)c1. The van der Waals surface area contributed by atoms with Crippen LogP contribution in [0.25, 0.3) is 0 Å². The zero-order chi connectivity index (χ0) is 15.3. The number of amides is 1. The lowest BCUT2D eigenvalue weighted by Gasteiger charge is -2.26. The largest absolute Gasteiger partial charge is 0.481 e. The van der Waals surface area contributed by atoms with Gasteiger partial charge in [-0.05, 0) is 25.0 Å². The van der Waals surface area contributed by atoms with Gasteiger partial charge >= 0.3 is 5.97 Å². The molecular weight excluding hydrogens is 254 g/mol. The van der Waals surface area contributed by atoms with E-state index in [0.29, 0.717) is 18.0 Å². The highest BCUT2D eigenvalue weighted by Crippen LogP contribution is 2.12. The van der Waals surface area contributed by atoms with Crippen LogP contribution in [0.3, 0.4) is 0 Å². The molecule has 0 saturated heterocycles. The van der Waals surface area contributed by atoms with E-state index in [4.69, 9.17) is 5.11 Å². The van der Waals surface area contributed by atoms with Crippen molar-refractivity contribution in [1.82, 2.24) is 4.90 Å². The molecule has 1 rings (SSSR count). The number of benzene rings is 1. The van der Waals surface area contributed by atoms with E-state index in [1.165, 1.54) is 0 Å². The van der Waals surface area contributed by atoms with Gasteiger partial charge in [0.05, 0.1) is 5.92 Å².